The molecule has 0 spiro atoms. The molecule has 7 nitrogen and oxygen atoms in total. The van der Waals surface area contributed by atoms with Crippen molar-refractivity contribution >= 4 is 23.5 Å². The molecule has 0 N–H and O–H groups in total. The second kappa shape index (κ2) is 8.29. The number of benzene rings is 1. The molecule has 0 amide bonds. The van der Waals surface area contributed by atoms with Gasteiger partial charge in [0.1, 0.15) is 17.4 Å². The van der Waals surface area contributed by atoms with E-state index < -0.39 is 5.69 Å². The summed E-state index contributed by atoms with van der Waals surface area (Å²) < 4.78 is 11.9. The van der Waals surface area contributed by atoms with E-state index >= 15 is 0 Å². The number of carbonyl (C=O) groups excluding carboxylic acids is 2. The lowest BCUT2D eigenvalue weighted by Gasteiger charge is -2.12. The smallest absolute Gasteiger partial charge is 0.348 e. The van der Waals surface area contributed by atoms with Gasteiger partial charge in [-0.25, -0.2) is 4.79 Å². The summed E-state index contributed by atoms with van der Waals surface area (Å²) in [6.45, 7) is 1.80. The largest absolute Gasteiger partial charge is 0.462 e. The maximum Gasteiger partial charge on any atom is 0.348 e. The first-order valence-corrected chi connectivity index (χ1v) is 9.04. The number of thioether (sulfide) groups is 1. The van der Waals surface area contributed by atoms with E-state index in [1.165, 1.54) is 23.3 Å². The predicted octanol–water partition coefficient (Wildman–Crippen LogP) is 1.82. The highest BCUT2D eigenvalue weighted by molar-refractivity contribution is 8.00. The van der Waals surface area contributed by atoms with E-state index in [9.17, 15) is 14.4 Å². The van der Waals surface area contributed by atoms with Crippen LogP contribution in [0.4, 0.5) is 0 Å². The summed E-state index contributed by atoms with van der Waals surface area (Å²) in [6, 6.07) is 10.6. The lowest BCUT2D eigenvalue weighted by Crippen LogP contribution is -2.27. The summed E-state index contributed by atoms with van der Waals surface area (Å²) in [4.78, 5) is 39.4. The molecule has 2 heterocycles. The second-order valence-corrected chi connectivity index (χ2v) is 7.07. The predicted molar refractivity (Wildman–Crippen MR) is 96.0 cm³/mol. The molecule has 1 aromatic carbocycles. The van der Waals surface area contributed by atoms with E-state index in [0.29, 0.717) is 17.9 Å². The maximum atomic E-state index is 12.3. The van der Waals surface area contributed by atoms with Gasteiger partial charge in [0.05, 0.1) is 18.7 Å². The Morgan fingerprint density at radius 1 is 1.31 bits per heavy atom. The van der Waals surface area contributed by atoms with Crippen molar-refractivity contribution in [1.29, 1.82) is 0 Å². The number of carbonyl (C=O) groups is 2. The van der Waals surface area contributed by atoms with Gasteiger partial charge in [-0.1, -0.05) is 42.1 Å². The number of rotatable bonds is 6. The van der Waals surface area contributed by atoms with Gasteiger partial charge in [0.2, 0.25) is 0 Å². The molecule has 3 rings (SSSR count). The molecule has 0 radical (unpaired) electrons. The second-order valence-electron chi connectivity index (χ2n) is 5.73. The van der Waals surface area contributed by atoms with Crippen LogP contribution in [0.1, 0.15) is 28.3 Å². The lowest BCUT2D eigenvalue weighted by molar-refractivity contribution is -0.142. The Balaban J connectivity index is 1.64. The minimum atomic E-state index is -0.433. The van der Waals surface area contributed by atoms with Crippen LogP contribution < -0.4 is 5.69 Å². The fourth-order valence-electron chi connectivity index (χ4n) is 2.52. The number of hydrogen-bond acceptors (Lipinski definition) is 7. The first kappa shape index (κ1) is 18.3. The van der Waals surface area contributed by atoms with Crippen molar-refractivity contribution in [2.75, 3.05) is 13.2 Å². The lowest BCUT2D eigenvalue weighted by atomic mass is 10.1. The molecule has 0 unspecified atom stereocenters. The Kier molecular flexibility index (Phi) is 5.85. The fraction of sp³-hybridized carbons (Fsp3) is 0.333. The molecule has 1 aliphatic rings. The van der Waals surface area contributed by atoms with Crippen LogP contribution in [-0.2, 0) is 20.7 Å². The Hall–Kier alpha value is -2.45. The third-order valence-corrected chi connectivity index (χ3v) is 5.04. The highest BCUT2D eigenvalue weighted by Crippen LogP contribution is 2.34. The van der Waals surface area contributed by atoms with E-state index in [1.54, 1.807) is 36.5 Å². The number of esters is 1. The molecule has 2 atom stereocenters. The van der Waals surface area contributed by atoms with E-state index in [-0.39, 0.29) is 35.6 Å². The van der Waals surface area contributed by atoms with E-state index in [1.807, 2.05) is 6.07 Å². The Labute approximate surface area is 154 Å². The molecule has 136 valence electrons. The molecule has 0 aliphatic carbocycles. The zero-order chi connectivity index (χ0) is 18.5. The standard InChI is InChI=1S/C18H18N2O5S/c1-12(21)24-11-17-25-10-16(26-17)20-8-7-14(19-18(20)23)9-15(22)13-5-3-2-4-6-13/h2-8,16-17H,9-11H2,1H3/t16-,17-/m0/s1. The van der Waals surface area contributed by atoms with Gasteiger partial charge >= 0.3 is 11.7 Å². The summed E-state index contributed by atoms with van der Waals surface area (Å²) in [5, 5.41) is -0.241. The van der Waals surface area contributed by atoms with Crippen molar-refractivity contribution < 1.29 is 19.1 Å². The number of Topliss-reactive ketones (excluding diaryl/α,β-unsaturated/α-hetero) is 1. The first-order chi connectivity index (χ1) is 12.5. The third kappa shape index (κ3) is 4.59. The minimum Gasteiger partial charge on any atom is -0.462 e. The molecular weight excluding hydrogens is 356 g/mol. The van der Waals surface area contributed by atoms with Gasteiger partial charge in [-0.2, -0.15) is 4.98 Å². The summed E-state index contributed by atoms with van der Waals surface area (Å²) in [5.41, 5.74) is 0.278. The van der Waals surface area contributed by atoms with E-state index in [4.69, 9.17) is 9.47 Å². The Morgan fingerprint density at radius 3 is 2.77 bits per heavy atom. The zero-order valence-electron chi connectivity index (χ0n) is 14.2. The average molecular weight is 374 g/mol. The SMILES string of the molecule is CC(=O)OC[C@H]1OC[C@@H](n2ccc(CC(=O)c3ccccc3)nc2=O)S1. The van der Waals surface area contributed by atoms with Crippen LogP contribution in [0.3, 0.4) is 0 Å². The minimum absolute atomic E-state index is 0.0729. The van der Waals surface area contributed by atoms with E-state index in [0.717, 1.165) is 0 Å². The van der Waals surface area contributed by atoms with Crippen LogP contribution in [0.25, 0.3) is 0 Å². The quantitative estimate of drug-likeness (QED) is 0.563. The fourth-order valence-corrected chi connectivity index (χ4v) is 3.62. The van der Waals surface area contributed by atoms with Gasteiger partial charge in [-0.05, 0) is 6.07 Å². The van der Waals surface area contributed by atoms with Gasteiger partial charge in [0.15, 0.2) is 5.78 Å². The van der Waals surface area contributed by atoms with Gasteiger partial charge in [-0.15, -0.1) is 0 Å². The highest BCUT2D eigenvalue weighted by Gasteiger charge is 2.29. The summed E-state index contributed by atoms with van der Waals surface area (Å²) in [6.07, 6.45) is 1.70. The van der Waals surface area contributed by atoms with Crippen molar-refractivity contribution in [3.8, 4) is 0 Å². The van der Waals surface area contributed by atoms with E-state index in [2.05, 4.69) is 4.98 Å². The molecule has 8 heteroatoms. The van der Waals surface area contributed by atoms with Crippen LogP contribution >= 0.6 is 11.8 Å². The number of hydrogen-bond donors (Lipinski definition) is 0. The van der Waals surface area contributed by atoms with Gasteiger partial charge in [-0.3, -0.25) is 14.2 Å². The van der Waals surface area contributed by atoms with Crippen LogP contribution in [0.5, 0.6) is 0 Å². The van der Waals surface area contributed by atoms with Crippen LogP contribution in [-0.4, -0.2) is 40.0 Å². The van der Waals surface area contributed by atoms with Crippen LogP contribution in [0.15, 0.2) is 47.4 Å². The van der Waals surface area contributed by atoms with Crippen molar-refractivity contribution in [3.05, 3.63) is 64.3 Å². The van der Waals surface area contributed by atoms with Crippen LogP contribution in [0, 0.1) is 0 Å². The molecule has 1 saturated heterocycles. The average Bonchev–Trinajstić information content (AvgIpc) is 3.09. The highest BCUT2D eigenvalue weighted by atomic mass is 32.2. The number of nitrogens with zero attached hydrogens (tertiary/aromatic N) is 2. The Morgan fingerprint density at radius 2 is 2.08 bits per heavy atom. The molecule has 0 bridgehead atoms. The van der Waals surface area contributed by atoms with Crippen molar-refractivity contribution in [2.45, 2.75) is 24.2 Å². The number of aromatic nitrogens is 2. The molecule has 1 aromatic heterocycles. The third-order valence-electron chi connectivity index (χ3n) is 3.79. The zero-order valence-corrected chi connectivity index (χ0v) is 15.0. The van der Waals surface area contributed by atoms with Gasteiger partial charge in [0, 0.05) is 18.7 Å². The molecule has 1 aliphatic heterocycles. The Bertz CT molecular complexity index is 852. The van der Waals surface area contributed by atoms with Crippen molar-refractivity contribution in [3.63, 3.8) is 0 Å². The molecule has 0 saturated carbocycles. The van der Waals surface area contributed by atoms with Crippen molar-refractivity contribution in [1.82, 2.24) is 9.55 Å². The molecule has 26 heavy (non-hydrogen) atoms. The monoisotopic (exact) mass is 374 g/mol. The molecule has 1 fully saturated rings. The topological polar surface area (TPSA) is 87.5 Å². The summed E-state index contributed by atoms with van der Waals surface area (Å²) in [5.74, 6) is -0.459. The first-order valence-electron chi connectivity index (χ1n) is 8.09. The van der Waals surface area contributed by atoms with Crippen LogP contribution in [0.2, 0.25) is 0 Å². The van der Waals surface area contributed by atoms with Crippen molar-refractivity contribution in [2.24, 2.45) is 0 Å². The van der Waals surface area contributed by atoms with Gasteiger partial charge in [0.25, 0.3) is 0 Å². The summed E-state index contributed by atoms with van der Waals surface area (Å²) in [7, 11) is 0. The normalized spacial score (nSPS) is 19.3. The molecule has 2 aromatic rings. The van der Waals surface area contributed by atoms with Gasteiger partial charge < -0.3 is 9.47 Å². The maximum absolute atomic E-state index is 12.3. The molecular formula is C18H18N2O5S. The number of ketones is 1. The summed E-state index contributed by atoms with van der Waals surface area (Å²) >= 11 is 1.39. The number of ether oxygens (including phenoxy) is 2.